The van der Waals surface area contributed by atoms with Crippen molar-refractivity contribution >= 4 is 5.91 Å². The lowest BCUT2D eigenvalue weighted by Gasteiger charge is -2.09. The summed E-state index contributed by atoms with van der Waals surface area (Å²) in [7, 11) is 1.73. The Balaban J connectivity index is 3.44. The third-order valence-electron chi connectivity index (χ3n) is 2.08. The molecule has 0 aliphatic rings. The smallest absolute Gasteiger partial charge is 0.220 e. The van der Waals surface area contributed by atoms with E-state index >= 15 is 0 Å². The summed E-state index contributed by atoms with van der Waals surface area (Å²) in [5, 5.41) is 1.41. The van der Waals surface area contributed by atoms with Crippen molar-refractivity contribution in [2.45, 2.75) is 32.6 Å². The van der Waals surface area contributed by atoms with Crippen LogP contribution in [0.2, 0.25) is 1.41 Å². The highest BCUT2D eigenvalue weighted by molar-refractivity contribution is 5.76. The first-order valence-electron chi connectivity index (χ1n) is 5.02. The molecular weight excluding hydrogens is 152 g/mol. The van der Waals surface area contributed by atoms with Crippen LogP contribution in [0.25, 0.3) is 0 Å². The van der Waals surface area contributed by atoms with Gasteiger partial charge in [-0.1, -0.05) is 13.3 Å². The number of carbonyl (C=O) groups excluding carboxylic acids is 1. The maximum absolute atomic E-state index is 10.8. The quantitative estimate of drug-likeness (QED) is 0.562. The third kappa shape index (κ3) is 5.13. The Morgan fingerprint density at radius 1 is 1.67 bits per heavy atom. The molecule has 0 spiro atoms. The van der Waals surface area contributed by atoms with Gasteiger partial charge in [0.1, 0.15) is 1.41 Å². The van der Waals surface area contributed by atoms with Crippen LogP contribution in [0.4, 0.5) is 0 Å². The van der Waals surface area contributed by atoms with Crippen LogP contribution in [0.5, 0.6) is 0 Å². The van der Waals surface area contributed by atoms with E-state index in [1.807, 2.05) is 6.92 Å². The average Bonchev–Trinajstić information content (AvgIpc) is 2.03. The maximum atomic E-state index is 10.8. The van der Waals surface area contributed by atoms with E-state index in [-0.39, 0.29) is 11.8 Å². The molecule has 0 aromatic heterocycles. The van der Waals surface area contributed by atoms with Gasteiger partial charge in [-0.15, -0.1) is 0 Å². The topological polar surface area (TPSA) is 55.1 Å². The second-order valence-corrected chi connectivity index (χ2v) is 3.04. The SMILES string of the molecule is [2H]N(C)CCCCC(CC)C(N)=O. The van der Waals surface area contributed by atoms with Gasteiger partial charge in [0.05, 0.1) is 0 Å². The number of rotatable bonds is 7. The van der Waals surface area contributed by atoms with E-state index in [0.717, 1.165) is 32.2 Å². The van der Waals surface area contributed by atoms with E-state index in [4.69, 9.17) is 7.15 Å². The largest absolute Gasteiger partial charge is 0.369 e. The predicted octanol–water partition coefficient (Wildman–Crippen LogP) is 0.888. The summed E-state index contributed by atoms with van der Waals surface area (Å²) in [6.45, 7) is 2.74. The number of nitrogens with one attached hydrogen (secondary N) is 1. The van der Waals surface area contributed by atoms with E-state index in [1.165, 1.54) is 5.31 Å². The molecule has 1 atom stereocenters. The molecule has 1 unspecified atom stereocenters. The molecule has 0 fully saturated rings. The average molecular weight is 173 g/mol. The van der Waals surface area contributed by atoms with Gasteiger partial charge in [-0.3, -0.25) is 4.79 Å². The number of unbranched alkanes of at least 4 members (excludes halogenated alkanes) is 1. The Morgan fingerprint density at radius 3 is 2.75 bits per heavy atom. The van der Waals surface area contributed by atoms with Gasteiger partial charge in [0.2, 0.25) is 5.91 Å². The molecule has 0 saturated carbocycles. The molecule has 0 aromatic rings. The minimum atomic E-state index is -0.193. The number of carbonyl (C=O) groups is 1. The molecule has 0 radical (unpaired) electrons. The van der Waals surface area contributed by atoms with E-state index in [0.29, 0.717) is 0 Å². The monoisotopic (exact) mass is 173 g/mol. The first-order chi connectivity index (χ1) is 6.07. The fraction of sp³-hybridized carbons (Fsp3) is 0.889. The van der Waals surface area contributed by atoms with Crippen molar-refractivity contribution in [3.63, 3.8) is 0 Å². The van der Waals surface area contributed by atoms with Crippen molar-refractivity contribution in [2.75, 3.05) is 13.6 Å². The molecule has 0 heterocycles. The highest BCUT2D eigenvalue weighted by atomic mass is 16.1. The molecule has 3 heteroatoms. The summed E-state index contributed by atoms with van der Waals surface area (Å²) in [6, 6.07) is 0. The van der Waals surface area contributed by atoms with Crippen molar-refractivity contribution in [2.24, 2.45) is 11.7 Å². The predicted molar refractivity (Wildman–Crippen MR) is 50.8 cm³/mol. The number of amides is 1. The molecular formula is C9H20N2O. The molecule has 0 aliphatic carbocycles. The van der Waals surface area contributed by atoms with Gasteiger partial charge in [0.15, 0.2) is 0 Å². The van der Waals surface area contributed by atoms with Crippen LogP contribution in [0.1, 0.15) is 32.6 Å². The Bertz CT molecular complexity index is 151. The molecule has 0 saturated heterocycles. The van der Waals surface area contributed by atoms with Crippen molar-refractivity contribution < 1.29 is 6.21 Å². The summed E-state index contributed by atoms with van der Waals surface area (Å²) in [5.41, 5.74) is 5.20. The van der Waals surface area contributed by atoms with Crippen molar-refractivity contribution in [1.29, 1.82) is 0 Å². The first kappa shape index (κ1) is 9.52. The van der Waals surface area contributed by atoms with Crippen LogP contribution in [0.3, 0.4) is 0 Å². The number of primary amides is 1. The fourth-order valence-electron chi connectivity index (χ4n) is 1.21. The van der Waals surface area contributed by atoms with Crippen LogP contribution in [0.15, 0.2) is 0 Å². The van der Waals surface area contributed by atoms with E-state index < -0.39 is 0 Å². The molecule has 1 amide bonds. The molecule has 0 rings (SSSR count). The van der Waals surface area contributed by atoms with Crippen LogP contribution in [-0.4, -0.2) is 19.5 Å². The van der Waals surface area contributed by atoms with Crippen LogP contribution >= 0.6 is 0 Å². The van der Waals surface area contributed by atoms with Crippen LogP contribution < -0.4 is 11.0 Å². The second kappa shape index (κ2) is 7.10. The van der Waals surface area contributed by atoms with E-state index in [2.05, 4.69) is 0 Å². The van der Waals surface area contributed by atoms with Gasteiger partial charge >= 0.3 is 0 Å². The lowest BCUT2D eigenvalue weighted by Crippen LogP contribution is -2.22. The zero-order chi connectivity index (χ0) is 10.3. The van der Waals surface area contributed by atoms with Gasteiger partial charge < -0.3 is 11.0 Å². The molecule has 12 heavy (non-hydrogen) atoms. The van der Waals surface area contributed by atoms with Gasteiger partial charge in [-0.05, 0) is 32.9 Å². The molecule has 0 aromatic carbocycles. The Kier molecular flexibility index (Phi) is 5.63. The molecule has 3 nitrogen and oxygen atoms in total. The Hall–Kier alpha value is -0.570. The van der Waals surface area contributed by atoms with Gasteiger partial charge in [-0.2, -0.15) is 0 Å². The summed E-state index contributed by atoms with van der Waals surface area (Å²) in [6.07, 6.45) is 3.63. The minimum Gasteiger partial charge on any atom is -0.369 e. The third-order valence-corrected chi connectivity index (χ3v) is 2.08. The zero-order valence-electron chi connectivity index (χ0n) is 9.05. The first-order valence-corrected chi connectivity index (χ1v) is 4.57. The summed E-state index contributed by atoms with van der Waals surface area (Å²) in [4.78, 5) is 10.8. The highest BCUT2D eigenvalue weighted by Crippen LogP contribution is 2.11. The normalized spacial score (nSPS) is 14.4. The Labute approximate surface area is 76.2 Å². The summed E-state index contributed by atoms with van der Waals surface area (Å²) < 4.78 is 7.13. The van der Waals surface area contributed by atoms with Crippen molar-refractivity contribution in [1.82, 2.24) is 5.31 Å². The van der Waals surface area contributed by atoms with E-state index in [9.17, 15) is 4.79 Å². The highest BCUT2D eigenvalue weighted by Gasteiger charge is 2.11. The molecule has 3 N–H and O–H groups in total. The summed E-state index contributed by atoms with van der Waals surface area (Å²) in [5.74, 6) is -0.169. The minimum absolute atomic E-state index is 0.0241. The van der Waals surface area contributed by atoms with Crippen molar-refractivity contribution in [3.8, 4) is 0 Å². The van der Waals surface area contributed by atoms with Crippen LogP contribution in [0, 0.1) is 5.92 Å². The standard InChI is InChI=1S/C9H20N2O/c1-3-8(9(10)12)6-4-5-7-11-2/h8,11H,3-7H2,1-2H3,(H2,10,12)/i/hD. The number of nitrogens with two attached hydrogens (primary N) is 1. The van der Waals surface area contributed by atoms with Gasteiger partial charge in [0, 0.05) is 5.92 Å². The maximum Gasteiger partial charge on any atom is 0.220 e. The van der Waals surface area contributed by atoms with Gasteiger partial charge in [-0.25, -0.2) is 0 Å². The van der Waals surface area contributed by atoms with Crippen LogP contribution in [-0.2, 0) is 4.79 Å². The molecule has 0 bridgehead atoms. The van der Waals surface area contributed by atoms with E-state index in [1.54, 1.807) is 7.05 Å². The number of hydrogen-bond donors (Lipinski definition) is 2. The lowest BCUT2D eigenvalue weighted by molar-refractivity contribution is -0.122. The second-order valence-electron chi connectivity index (χ2n) is 3.04. The summed E-state index contributed by atoms with van der Waals surface area (Å²) >= 11 is 0. The lowest BCUT2D eigenvalue weighted by atomic mass is 9.99. The number of hydrogen-bond acceptors (Lipinski definition) is 2. The van der Waals surface area contributed by atoms with Gasteiger partial charge in [0.25, 0.3) is 0 Å². The zero-order valence-corrected chi connectivity index (χ0v) is 8.05. The molecule has 0 aliphatic heterocycles. The van der Waals surface area contributed by atoms with Crippen molar-refractivity contribution in [3.05, 3.63) is 0 Å². The molecule has 72 valence electrons. The fourth-order valence-corrected chi connectivity index (χ4v) is 1.21. The Morgan fingerprint density at radius 2 is 2.33 bits per heavy atom.